The zero-order valence-corrected chi connectivity index (χ0v) is 10.9. The minimum atomic E-state index is -2.14. The first kappa shape index (κ1) is 12.5. The molecule has 0 radical (unpaired) electrons. The maximum absolute atomic E-state index is 10.7. The van der Waals surface area contributed by atoms with Gasteiger partial charge >= 0.3 is 0 Å². The van der Waals surface area contributed by atoms with Crippen LogP contribution in [0, 0.1) is 0 Å². The highest BCUT2D eigenvalue weighted by atomic mass is 28.4. The average Bonchev–Trinajstić information content (AvgIpc) is 2.30. The van der Waals surface area contributed by atoms with Gasteiger partial charge < -0.3 is 4.80 Å². The summed E-state index contributed by atoms with van der Waals surface area (Å²) in [6.45, 7) is 4.32. The summed E-state index contributed by atoms with van der Waals surface area (Å²) in [7, 11) is -2.14. The molecule has 1 rings (SSSR count). The molecule has 0 heterocycles. The normalized spacial score (nSPS) is 14.9. The molecule has 0 aliphatic carbocycles. The largest absolute Gasteiger partial charge is 0.427 e. The molecule has 0 aliphatic rings. The van der Waals surface area contributed by atoms with Crippen molar-refractivity contribution in [3.63, 3.8) is 0 Å². The first-order valence-corrected chi connectivity index (χ1v) is 8.37. The molecular weight excluding hydrogens is 200 g/mol. The molecule has 1 N–H and O–H groups in total. The molecule has 0 saturated carbocycles. The summed E-state index contributed by atoms with van der Waals surface area (Å²) in [5.74, 6) is 0. The second-order valence-corrected chi connectivity index (χ2v) is 8.06. The fraction of sp³-hybridized carbons (Fsp3) is 0.538. The van der Waals surface area contributed by atoms with Gasteiger partial charge in [0.25, 0.3) is 0 Å². The lowest BCUT2D eigenvalue weighted by molar-refractivity contribution is 0.539. The highest BCUT2D eigenvalue weighted by molar-refractivity contribution is 6.85. The molecule has 2 heteroatoms. The Morgan fingerprint density at radius 1 is 1.07 bits per heavy atom. The minimum Gasteiger partial charge on any atom is -0.427 e. The van der Waals surface area contributed by atoms with Crippen molar-refractivity contribution in [1.82, 2.24) is 0 Å². The van der Waals surface area contributed by atoms with Gasteiger partial charge in [0.15, 0.2) is 0 Å². The molecule has 0 saturated heterocycles. The van der Waals surface area contributed by atoms with Gasteiger partial charge in [0.2, 0.25) is 8.32 Å². The Bertz CT molecular complexity index is 273. The molecule has 1 nitrogen and oxygen atoms in total. The fourth-order valence-corrected chi connectivity index (χ4v) is 4.64. The van der Waals surface area contributed by atoms with Crippen molar-refractivity contribution < 1.29 is 4.80 Å². The Labute approximate surface area is 94.3 Å². The Hall–Kier alpha value is -0.603. The predicted molar refractivity (Wildman–Crippen MR) is 68.9 cm³/mol. The van der Waals surface area contributed by atoms with Crippen molar-refractivity contribution in [2.75, 3.05) is 0 Å². The molecule has 0 fully saturated rings. The average molecular weight is 222 g/mol. The predicted octanol–water partition coefficient (Wildman–Crippen LogP) is 3.04. The zero-order valence-electron chi connectivity index (χ0n) is 9.87. The number of unbranched alkanes of at least 4 members (excludes halogenated alkanes) is 2. The standard InChI is InChI=1S/C13H22OSi/c1-3-5-9-12-15(14,4-2)13-10-7-6-8-11-13/h6-8,10-11,14H,3-5,9,12H2,1-2H3. The molecule has 1 unspecified atom stereocenters. The van der Waals surface area contributed by atoms with Crippen LogP contribution in [0.25, 0.3) is 0 Å². The van der Waals surface area contributed by atoms with Gasteiger partial charge in [-0.3, -0.25) is 0 Å². The molecule has 0 bridgehead atoms. The molecule has 84 valence electrons. The molecule has 0 amide bonds. The van der Waals surface area contributed by atoms with E-state index >= 15 is 0 Å². The number of hydrogen-bond donors (Lipinski definition) is 1. The molecule has 0 aromatic heterocycles. The van der Waals surface area contributed by atoms with Gasteiger partial charge in [-0.15, -0.1) is 0 Å². The van der Waals surface area contributed by atoms with Gasteiger partial charge in [-0.05, 0) is 17.3 Å². The van der Waals surface area contributed by atoms with Gasteiger partial charge in [0, 0.05) is 0 Å². The van der Waals surface area contributed by atoms with Gasteiger partial charge in [0.05, 0.1) is 0 Å². The van der Waals surface area contributed by atoms with E-state index in [0.29, 0.717) is 0 Å². The van der Waals surface area contributed by atoms with Crippen LogP contribution in [-0.4, -0.2) is 13.1 Å². The van der Waals surface area contributed by atoms with Crippen molar-refractivity contribution in [3.8, 4) is 0 Å². The van der Waals surface area contributed by atoms with Crippen LogP contribution in [0.15, 0.2) is 30.3 Å². The van der Waals surface area contributed by atoms with E-state index in [2.05, 4.69) is 26.0 Å². The smallest absolute Gasteiger partial charge is 0.219 e. The van der Waals surface area contributed by atoms with Crippen molar-refractivity contribution in [2.24, 2.45) is 0 Å². The van der Waals surface area contributed by atoms with Crippen LogP contribution >= 0.6 is 0 Å². The molecule has 0 aliphatic heterocycles. The van der Waals surface area contributed by atoms with Gasteiger partial charge in [-0.2, -0.15) is 0 Å². The number of rotatable bonds is 6. The SMILES string of the molecule is CCCCC[Si](O)(CC)c1ccccc1. The maximum atomic E-state index is 10.7. The molecule has 1 aromatic rings. The van der Waals surface area contributed by atoms with Crippen molar-refractivity contribution in [2.45, 2.75) is 45.2 Å². The quantitative estimate of drug-likeness (QED) is 0.579. The van der Waals surface area contributed by atoms with Crippen LogP contribution in [0.5, 0.6) is 0 Å². The van der Waals surface area contributed by atoms with E-state index in [1.165, 1.54) is 24.4 Å². The zero-order chi connectivity index (χ0) is 11.1. The van der Waals surface area contributed by atoms with Crippen LogP contribution in [-0.2, 0) is 0 Å². The lowest BCUT2D eigenvalue weighted by atomic mass is 10.3. The summed E-state index contributed by atoms with van der Waals surface area (Å²) in [5.41, 5.74) is 0. The highest BCUT2D eigenvalue weighted by Crippen LogP contribution is 2.16. The first-order valence-electron chi connectivity index (χ1n) is 6.01. The summed E-state index contributed by atoms with van der Waals surface area (Å²) < 4.78 is 0. The van der Waals surface area contributed by atoms with Gasteiger partial charge in [-0.25, -0.2) is 0 Å². The van der Waals surface area contributed by atoms with Gasteiger partial charge in [-0.1, -0.05) is 63.4 Å². The van der Waals surface area contributed by atoms with Crippen LogP contribution in [0.4, 0.5) is 0 Å². The highest BCUT2D eigenvalue weighted by Gasteiger charge is 2.30. The van der Waals surface area contributed by atoms with Crippen molar-refractivity contribution in [1.29, 1.82) is 0 Å². The second kappa shape index (κ2) is 6.08. The third kappa shape index (κ3) is 3.47. The Morgan fingerprint density at radius 3 is 2.27 bits per heavy atom. The maximum Gasteiger partial charge on any atom is 0.219 e. The van der Waals surface area contributed by atoms with Crippen LogP contribution < -0.4 is 5.19 Å². The lowest BCUT2D eigenvalue weighted by Gasteiger charge is -2.24. The molecule has 1 aromatic carbocycles. The molecule has 15 heavy (non-hydrogen) atoms. The van der Waals surface area contributed by atoms with Crippen molar-refractivity contribution >= 4 is 13.5 Å². The third-order valence-electron chi connectivity index (χ3n) is 3.09. The van der Waals surface area contributed by atoms with Crippen LogP contribution in [0.1, 0.15) is 33.1 Å². The number of benzene rings is 1. The van der Waals surface area contributed by atoms with E-state index in [1.54, 1.807) is 0 Å². The van der Waals surface area contributed by atoms with E-state index in [9.17, 15) is 4.80 Å². The van der Waals surface area contributed by atoms with E-state index in [1.807, 2.05) is 18.2 Å². The van der Waals surface area contributed by atoms with E-state index in [4.69, 9.17) is 0 Å². The van der Waals surface area contributed by atoms with E-state index in [0.717, 1.165) is 12.1 Å². The summed E-state index contributed by atoms with van der Waals surface area (Å²) in [6, 6.07) is 12.2. The molecule has 1 atom stereocenters. The Morgan fingerprint density at radius 2 is 1.73 bits per heavy atom. The Balaban J connectivity index is 2.67. The number of hydrogen-bond acceptors (Lipinski definition) is 1. The second-order valence-electron chi connectivity index (χ2n) is 4.21. The lowest BCUT2D eigenvalue weighted by Crippen LogP contribution is -2.47. The minimum absolute atomic E-state index is 0.931. The summed E-state index contributed by atoms with van der Waals surface area (Å²) in [5, 5.41) is 1.20. The molecular formula is C13H22OSi. The summed E-state index contributed by atoms with van der Waals surface area (Å²) in [4.78, 5) is 10.7. The van der Waals surface area contributed by atoms with E-state index < -0.39 is 8.32 Å². The van der Waals surface area contributed by atoms with Crippen LogP contribution in [0.3, 0.4) is 0 Å². The third-order valence-corrected chi connectivity index (χ3v) is 6.85. The van der Waals surface area contributed by atoms with Crippen LogP contribution in [0.2, 0.25) is 12.1 Å². The van der Waals surface area contributed by atoms with Crippen molar-refractivity contribution in [3.05, 3.63) is 30.3 Å². The topological polar surface area (TPSA) is 20.2 Å². The summed E-state index contributed by atoms with van der Waals surface area (Å²) in [6.07, 6.45) is 3.63. The Kier molecular flexibility index (Phi) is 5.06. The summed E-state index contributed by atoms with van der Waals surface area (Å²) >= 11 is 0. The van der Waals surface area contributed by atoms with E-state index in [-0.39, 0.29) is 0 Å². The first-order chi connectivity index (χ1) is 7.23. The monoisotopic (exact) mass is 222 g/mol. The fourth-order valence-electron chi connectivity index (χ4n) is 1.94. The molecule has 0 spiro atoms. The van der Waals surface area contributed by atoms with Gasteiger partial charge in [0.1, 0.15) is 0 Å².